The summed E-state index contributed by atoms with van der Waals surface area (Å²) in [6.45, 7) is 2.38. The fourth-order valence-electron chi connectivity index (χ4n) is 11.1. The van der Waals surface area contributed by atoms with Gasteiger partial charge in [0.2, 0.25) is 5.91 Å². The van der Waals surface area contributed by atoms with Crippen LogP contribution >= 0.6 is 70.2 Å². The Morgan fingerprint density at radius 3 is 2.15 bits per heavy atom. The van der Waals surface area contributed by atoms with Crippen LogP contribution in [0, 0.1) is 24.6 Å². The first kappa shape index (κ1) is 67.6. The number of alkyl halides is 3. The minimum absolute atomic E-state index is 0.0257. The largest absolute Gasteiger partial charge is 0.486 e. The molecular formula is C70H66Cl5FN8O6S. The van der Waals surface area contributed by atoms with Gasteiger partial charge in [-0.15, -0.1) is 0 Å². The van der Waals surface area contributed by atoms with Crippen LogP contribution in [-0.2, 0) is 45.5 Å². The van der Waals surface area contributed by atoms with E-state index in [1.807, 2.05) is 99.0 Å². The molecule has 1 aliphatic carbocycles. The molecular weight excluding hydrogens is 1280 g/mol. The molecule has 0 spiro atoms. The molecule has 0 radical (unpaired) electrons. The van der Waals surface area contributed by atoms with Gasteiger partial charge in [-0.3, -0.25) is 29.1 Å². The van der Waals surface area contributed by atoms with E-state index in [4.69, 9.17) is 85.4 Å². The summed E-state index contributed by atoms with van der Waals surface area (Å²) in [5.41, 5.74) is 13.4. The zero-order valence-corrected chi connectivity index (χ0v) is 54.6. The molecule has 1 saturated carbocycles. The number of fused-ring (bicyclic) bond motifs is 3. The van der Waals surface area contributed by atoms with Crippen molar-refractivity contribution in [2.45, 2.75) is 81.0 Å². The van der Waals surface area contributed by atoms with Gasteiger partial charge in [0.25, 0.3) is 5.91 Å². The van der Waals surface area contributed by atoms with E-state index in [0.717, 1.165) is 58.3 Å². The number of pyridine rings is 2. The number of halogens is 6. The lowest BCUT2D eigenvalue weighted by molar-refractivity contribution is -0.125. The van der Waals surface area contributed by atoms with Gasteiger partial charge in [-0.2, -0.15) is 0 Å². The van der Waals surface area contributed by atoms with Crippen molar-refractivity contribution in [3.63, 3.8) is 0 Å². The number of ketones is 2. The number of hydrogen-bond donors (Lipinski definition) is 2. The van der Waals surface area contributed by atoms with Crippen molar-refractivity contribution in [2.24, 2.45) is 18.9 Å². The summed E-state index contributed by atoms with van der Waals surface area (Å²) < 4.78 is 26.8. The normalized spacial score (nSPS) is 14.8. The quantitative estimate of drug-likeness (QED) is 0.0419. The summed E-state index contributed by atoms with van der Waals surface area (Å²) in [6.07, 6.45) is 14.0. The van der Waals surface area contributed by atoms with Crippen molar-refractivity contribution < 1.29 is 33.0 Å². The lowest BCUT2D eigenvalue weighted by atomic mass is 9.83. The number of anilines is 2. The molecule has 14 nitrogen and oxygen atoms in total. The van der Waals surface area contributed by atoms with E-state index >= 15 is 4.39 Å². The van der Waals surface area contributed by atoms with E-state index < -0.39 is 9.71 Å². The lowest BCUT2D eigenvalue weighted by Crippen LogP contribution is -2.40. The predicted octanol–water partition coefficient (Wildman–Crippen LogP) is 15.5. The van der Waals surface area contributed by atoms with Crippen LogP contribution in [0.4, 0.5) is 15.9 Å². The summed E-state index contributed by atoms with van der Waals surface area (Å²) in [5, 5.41) is 5.95. The van der Waals surface area contributed by atoms with Crippen LogP contribution in [0.2, 0.25) is 10.0 Å². The summed E-state index contributed by atoms with van der Waals surface area (Å²) in [7, 11) is 1.84. The average molecular weight is 1340 g/mol. The van der Waals surface area contributed by atoms with Crippen molar-refractivity contribution in [3.8, 4) is 22.6 Å². The Hall–Kier alpha value is -7.83. The standard InChI is InChI=1S/C24H20Cl3NOS.C23H25Cl2NO4.C23H21FN6O/c25-24(26,27)20(15-21(29)12-11-17-6-2-1-3-7-17)16-22(30)14-19-9-4-8-18-10-5-13-28-23(18)19;24-17-3-9-21(10-4-17)29-14-20(27)13-16-1-7-19(8-2-16)26-23(28)15-30-22-11-5-18(25)6-12-22;1-13-4-3-5-14(28-13)10-19(31)30-9-8-16-18(30)7-6-15(21(16)24)17-11-29(2)23-20(17)22(25)26-12-27-23/h1-13,20H,14-16H2;3-6,9-12,16,19H,1-2,7-8,13-15H2,(H,26,28);3-7,11-12H,8-10H2,1-2H3,(H2,25,26,27)/b12-11+;;. The number of allylic oxidation sites excluding steroid dienone is 1. The molecule has 0 saturated heterocycles. The van der Waals surface area contributed by atoms with Gasteiger partial charge in [-0.05, 0) is 152 Å². The average Bonchev–Trinajstić information content (AvgIpc) is 1.64. The van der Waals surface area contributed by atoms with Gasteiger partial charge in [0.15, 0.2) is 22.0 Å². The second kappa shape index (κ2) is 32.0. The molecule has 4 aromatic heterocycles. The third-order valence-electron chi connectivity index (χ3n) is 15.6. The molecule has 2 amide bonds. The maximum absolute atomic E-state index is 15.6. The minimum atomic E-state index is -1.59. The second-order valence-electron chi connectivity index (χ2n) is 22.4. The molecule has 1 fully saturated rings. The van der Waals surface area contributed by atoms with Gasteiger partial charge in [0, 0.05) is 106 Å². The molecule has 91 heavy (non-hydrogen) atoms. The maximum atomic E-state index is 15.6. The molecule has 0 bridgehead atoms. The van der Waals surface area contributed by atoms with Gasteiger partial charge in [-0.25, -0.2) is 14.4 Å². The Morgan fingerprint density at radius 1 is 0.780 bits per heavy atom. The first-order valence-corrected chi connectivity index (χ1v) is 31.9. The Morgan fingerprint density at radius 2 is 1.46 bits per heavy atom. The van der Waals surface area contributed by atoms with E-state index in [2.05, 4.69) is 25.3 Å². The maximum Gasteiger partial charge on any atom is 0.258 e. The number of thiocarbonyl (C=S) groups is 1. The van der Waals surface area contributed by atoms with Crippen molar-refractivity contribution in [2.75, 3.05) is 30.4 Å². The Balaban J connectivity index is 0.000000162. The van der Waals surface area contributed by atoms with E-state index in [1.165, 1.54) is 12.4 Å². The highest BCUT2D eigenvalue weighted by Gasteiger charge is 2.35. The third kappa shape index (κ3) is 19.1. The Labute approximate surface area is 558 Å². The van der Waals surface area contributed by atoms with Crippen LogP contribution in [0.5, 0.6) is 11.5 Å². The number of nitrogen functional groups attached to an aromatic ring is 1. The molecule has 1 atom stereocenters. The monoisotopic (exact) mass is 1340 g/mol. The number of para-hydroxylation sites is 1. The topological polar surface area (TPSA) is 185 Å². The van der Waals surface area contributed by atoms with Gasteiger partial charge in [0.1, 0.15) is 41.7 Å². The molecule has 11 rings (SSSR count). The first-order valence-electron chi connectivity index (χ1n) is 29.6. The predicted molar refractivity (Wildman–Crippen MR) is 366 cm³/mol. The number of aromatic nitrogens is 5. The number of aryl methyl sites for hydroxylation is 2. The number of hydrogen-bond acceptors (Lipinski definition) is 12. The number of ether oxygens (including phenoxy) is 2. The van der Waals surface area contributed by atoms with E-state index in [9.17, 15) is 19.2 Å². The molecule has 3 N–H and O–H groups in total. The number of nitrogens with one attached hydrogen (secondary N) is 1. The molecule has 470 valence electrons. The summed E-state index contributed by atoms with van der Waals surface area (Å²) in [6, 6.07) is 42.6. The fourth-order valence-corrected chi connectivity index (χ4v) is 12.1. The van der Waals surface area contributed by atoms with Gasteiger partial charge in [0.05, 0.1) is 17.3 Å². The highest BCUT2D eigenvalue weighted by Crippen LogP contribution is 2.41. The summed E-state index contributed by atoms with van der Waals surface area (Å²) in [4.78, 5) is 69.3. The Kier molecular flexibility index (Phi) is 23.7. The zero-order valence-electron chi connectivity index (χ0n) is 50.0. The number of nitrogens with two attached hydrogens (primary N) is 1. The zero-order chi connectivity index (χ0) is 64.6. The number of amides is 2. The molecule has 9 aromatic rings. The number of Topliss-reactive ketones (excluding diaryl/α,β-unsaturated/α-hetero) is 1. The number of carbonyl (C=O) groups excluding carboxylic acids is 4. The van der Waals surface area contributed by atoms with Crippen LogP contribution in [0.15, 0.2) is 164 Å². The molecule has 2 aliphatic rings. The highest BCUT2D eigenvalue weighted by atomic mass is 35.6. The third-order valence-corrected chi connectivity index (χ3v) is 17.4. The van der Waals surface area contributed by atoms with Crippen molar-refractivity contribution in [3.05, 3.63) is 208 Å². The smallest absolute Gasteiger partial charge is 0.258 e. The van der Waals surface area contributed by atoms with Crippen LogP contribution in [0.3, 0.4) is 0 Å². The lowest BCUT2D eigenvalue weighted by Gasteiger charge is -2.28. The number of rotatable bonds is 20. The van der Waals surface area contributed by atoms with Crippen LogP contribution in [-0.4, -0.2) is 82.3 Å². The molecule has 1 aliphatic heterocycles. The SMILES string of the molecule is Cc1cccc(CC(=O)N2CCc3c2ccc(-c2cn(C)c4ncnc(N)c24)c3F)n1.O=C(/C=C/c1ccccc1)CC(CC(=S)Cc1cccc2cccnc12)C(Cl)(Cl)Cl.O=C(COc1ccc(Cl)cc1)CC1CCC(NC(=O)COc2ccc(Cl)cc2)CC1. The van der Waals surface area contributed by atoms with Gasteiger partial charge < -0.3 is 30.0 Å². The van der Waals surface area contributed by atoms with Gasteiger partial charge in [-0.1, -0.05) is 137 Å². The number of nitrogens with zero attached hydrogens (tertiary/aromatic N) is 6. The summed E-state index contributed by atoms with van der Waals surface area (Å²) >= 11 is 35.8. The fraction of sp³-hybridized carbons (Fsp3) is 0.271. The molecule has 5 aromatic carbocycles. The van der Waals surface area contributed by atoms with Gasteiger partial charge >= 0.3 is 0 Å². The van der Waals surface area contributed by atoms with Crippen molar-refractivity contribution in [1.82, 2.24) is 29.8 Å². The van der Waals surface area contributed by atoms with Crippen LogP contribution in [0.25, 0.3) is 39.1 Å². The van der Waals surface area contributed by atoms with E-state index in [1.54, 1.807) is 82.4 Å². The van der Waals surface area contributed by atoms with E-state index in [0.29, 0.717) is 105 Å². The van der Waals surface area contributed by atoms with Crippen molar-refractivity contribution >= 4 is 138 Å². The number of benzene rings is 5. The minimum Gasteiger partial charge on any atom is -0.486 e. The Bertz CT molecular complexity index is 3990. The van der Waals surface area contributed by atoms with Crippen LogP contribution in [0.1, 0.15) is 73.0 Å². The second-order valence-corrected chi connectivity index (χ2v) is 26.2. The highest BCUT2D eigenvalue weighted by molar-refractivity contribution is 7.80. The molecule has 1 unspecified atom stereocenters. The first-order chi connectivity index (χ1) is 43.7. The van der Waals surface area contributed by atoms with Crippen molar-refractivity contribution in [1.29, 1.82) is 0 Å². The molecule has 21 heteroatoms. The number of carbonyl (C=O) groups is 4. The van der Waals surface area contributed by atoms with E-state index in [-0.39, 0.29) is 61.3 Å². The molecule has 5 heterocycles. The van der Waals surface area contributed by atoms with Crippen LogP contribution < -0.4 is 25.4 Å². The summed E-state index contributed by atoms with van der Waals surface area (Å²) in [5.74, 6) is 0.805.